The minimum Gasteiger partial charge on any atom is -0.394 e. The number of rotatable bonds is 10. The van der Waals surface area contributed by atoms with Gasteiger partial charge in [0.25, 0.3) is 5.91 Å². The fourth-order valence-corrected chi connectivity index (χ4v) is 9.59. The number of para-hydroxylation sites is 1. The number of carbonyl (C=O) groups excluding carboxylic acids is 3. The Balaban J connectivity index is 1.42. The Morgan fingerprint density at radius 1 is 0.977 bits per heavy atom. The molecule has 8 heteroatoms. The van der Waals surface area contributed by atoms with Gasteiger partial charge in [-0.25, -0.2) is 0 Å². The summed E-state index contributed by atoms with van der Waals surface area (Å²) in [4.78, 5) is 48.6. The van der Waals surface area contributed by atoms with Gasteiger partial charge in [0.2, 0.25) is 11.8 Å². The van der Waals surface area contributed by atoms with Crippen LogP contribution in [-0.4, -0.2) is 69.5 Å². The van der Waals surface area contributed by atoms with Gasteiger partial charge in [-0.3, -0.25) is 14.4 Å². The van der Waals surface area contributed by atoms with Crippen LogP contribution in [0.25, 0.3) is 10.8 Å². The van der Waals surface area contributed by atoms with Crippen LogP contribution in [0.1, 0.15) is 19.8 Å². The van der Waals surface area contributed by atoms with Gasteiger partial charge in [0.15, 0.2) is 0 Å². The molecule has 3 aliphatic rings. The largest absolute Gasteiger partial charge is 0.394 e. The molecule has 3 fully saturated rings. The molecule has 0 saturated carbocycles. The molecule has 3 aromatic rings. The number of amides is 3. The van der Waals surface area contributed by atoms with Gasteiger partial charge in [0, 0.05) is 29.7 Å². The van der Waals surface area contributed by atoms with Crippen molar-refractivity contribution in [3.63, 3.8) is 0 Å². The molecule has 6 atom stereocenters. The number of hydrogen-bond donors (Lipinski definition) is 1. The number of likely N-dealkylation sites (tertiary alicyclic amines) is 1. The van der Waals surface area contributed by atoms with E-state index in [0.717, 1.165) is 28.6 Å². The van der Waals surface area contributed by atoms with Gasteiger partial charge in [0.1, 0.15) is 6.04 Å². The topological polar surface area (TPSA) is 81.2 Å². The van der Waals surface area contributed by atoms with Gasteiger partial charge in [-0.15, -0.1) is 24.9 Å². The Kier molecular flexibility index (Phi) is 7.92. The zero-order valence-electron chi connectivity index (χ0n) is 24.3. The van der Waals surface area contributed by atoms with E-state index in [0.29, 0.717) is 13.0 Å². The Bertz CT molecular complexity index is 1580. The van der Waals surface area contributed by atoms with Gasteiger partial charge in [-0.2, -0.15) is 0 Å². The van der Waals surface area contributed by atoms with E-state index in [1.807, 2.05) is 72.8 Å². The standard InChI is InChI=1S/C35H37N3O4S/c1-4-19-36(26-13-7-6-8-14-26)32(40)29-28-17-18-35(43-28)30(29)33(41)38(23(3)22-39)31(35)34(42)37(20-5-2)27-16-15-24-11-9-10-12-25(24)21-27/h4-16,21,23,28-31,39H,1-2,17-20,22H2,3H3/t23-,28-,29+,30+,31?,35?/m1/s1. The SMILES string of the molecule is C=CCN(C(=O)C1N([C@H](C)CO)C(=O)[C@@H]2[C@@H](C(=O)N(CC=C)c3ccccc3)[C@H]3CCC12S3)c1ccc2ccccc2c1. The van der Waals surface area contributed by atoms with E-state index in [4.69, 9.17) is 0 Å². The number of aliphatic hydroxyl groups excluding tert-OH is 1. The predicted molar refractivity (Wildman–Crippen MR) is 173 cm³/mol. The molecule has 222 valence electrons. The fraction of sp³-hybridized carbons (Fsp3) is 0.343. The number of thioether (sulfide) groups is 1. The van der Waals surface area contributed by atoms with Crippen molar-refractivity contribution >= 4 is 51.6 Å². The second kappa shape index (κ2) is 11.7. The minimum atomic E-state index is -0.823. The molecule has 6 rings (SSSR count). The molecule has 3 amide bonds. The van der Waals surface area contributed by atoms with Gasteiger partial charge >= 0.3 is 0 Å². The third kappa shape index (κ3) is 4.68. The normalized spacial score (nSPS) is 26.3. The van der Waals surface area contributed by atoms with E-state index >= 15 is 0 Å². The zero-order valence-corrected chi connectivity index (χ0v) is 25.2. The van der Waals surface area contributed by atoms with Crippen LogP contribution in [-0.2, 0) is 14.4 Å². The molecule has 2 unspecified atom stereocenters. The summed E-state index contributed by atoms with van der Waals surface area (Å²) < 4.78 is -0.768. The Morgan fingerprint density at radius 2 is 1.63 bits per heavy atom. The summed E-state index contributed by atoms with van der Waals surface area (Å²) in [7, 11) is 0. The molecule has 1 spiro atoms. The first-order chi connectivity index (χ1) is 20.9. The van der Waals surface area contributed by atoms with Gasteiger partial charge in [-0.05, 0) is 54.8 Å². The molecule has 3 heterocycles. The van der Waals surface area contributed by atoms with Crippen molar-refractivity contribution < 1.29 is 19.5 Å². The van der Waals surface area contributed by atoms with E-state index in [2.05, 4.69) is 13.2 Å². The Labute approximate surface area is 256 Å². The Morgan fingerprint density at radius 3 is 2.30 bits per heavy atom. The quantitative estimate of drug-likeness (QED) is 0.332. The monoisotopic (exact) mass is 595 g/mol. The molecule has 43 heavy (non-hydrogen) atoms. The summed E-state index contributed by atoms with van der Waals surface area (Å²) in [6.07, 6.45) is 4.78. The van der Waals surface area contributed by atoms with Crippen LogP contribution in [0, 0.1) is 11.8 Å². The average molecular weight is 596 g/mol. The fourth-order valence-electron chi connectivity index (χ4n) is 7.40. The van der Waals surface area contributed by atoms with E-state index in [-0.39, 0.29) is 36.1 Å². The number of anilines is 2. The van der Waals surface area contributed by atoms with Crippen molar-refractivity contribution in [2.75, 3.05) is 29.5 Å². The van der Waals surface area contributed by atoms with Crippen LogP contribution in [0.5, 0.6) is 0 Å². The molecule has 0 radical (unpaired) electrons. The van der Waals surface area contributed by atoms with Crippen molar-refractivity contribution in [3.8, 4) is 0 Å². The third-order valence-corrected chi connectivity index (χ3v) is 11.2. The smallest absolute Gasteiger partial charge is 0.251 e. The summed E-state index contributed by atoms with van der Waals surface area (Å²) in [5.41, 5.74) is 1.47. The van der Waals surface area contributed by atoms with E-state index < -0.39 is 28.7 Å². The first-order valence-corrected chi connectivity index (χ1v) is 15.7. The highest BCUT2D eigenvalue weighted by atomic mass is 32.2. The van der Waals surface area contributed by atoms with E-state index in [1.165, 1.54) is 0 Å². The van der Waals surface area contributed by atoms with E-state index in [1.54, 1.807) is 45.5 Å². The summed E-state index contributed by atoms with van der Waals surface area (Å²) in [5, 5.41) is 12.3. The van der Waals surface area contributed by atoms with Crippen molar-refractivity contribution in [2.24, 2.45) is 11.8 Å². The zero-order chi connectivity index (χ0) is 30.3. The minimum absolute atomic E-state index is 0.0760. The van der Waals surface area contributed by atoms with Gasteiger partial charge in [-0.1, -0.05) is 60.7 Å². The number of hydrogen-bond acceptors (Lipinski definition) is 5. The summed E-state index contributed by atoms with van der Waals surface area (Å²) in [6, 6.07) is 21.9. The molecule has 0 aliphatic carbocycles. The molecule has 2 bridgehead atoms. The first kappa shape index (κ1) is 29.2. The van der Waals surface area contributed by atoms with Crippen LogP contribution >= 0.6 is 11.8 Å². The Hall–Kier alpha value is -3.88. The molecule has 1 N–H and O–H groups in total. The lowest BCUT2D eigenvalue weighted by atomic mass is 9.70. The number of fused-ring (bicyclic) bond motifs is 2. The predicted octanol–water partition coefficient (Wildman–Crippen LogP) is 5.05. The van der Waals surface area contributed by atoms with E-state index in [9.17, 15) is 19.5 Å². The van der Waals surface area contributed by atoms with Crippen LogP contribution < -0.4 is 9.80 Å². The van der Waals surface area contributed by atoms with Crippen molar-refractivity contribution in [2.45, 2.75) is 41.8 Å². The highest BCUT2D eigenvalue weighted by Gasteiger charge is 2.74. The second-order valence-electron chi connectivity index (χ2n) is 11.7. The summed E-state index contributed by atoms with van der Waals surface area (Å²) >= 11 is 1.63. The average Bonchev–Trinajstić information content (AvgIpc) is 3.69. The maximum absolute atomic E-state index is 14.8. The summed E-state index contributed by atoms with van der Waals surface area (Å²) in [6.45, 7) is 9.86. The van der Waals surface area contributed by atoms with Crippen molar-refractivity contribution in [3.05, 3.63) is 98.1 Å². The maximum Gasteiger partial charge on any atom is 0.251 e. The van der Waals surface area contributed by atoms with Gasteiger partial charge in [0.05, 0.1) is 29.2 Å². The molecule has 3 saturated heterocycles. The number of nitrogens with zero attached hydrogens (tertiary/aromatic N) is 3. The lowest BCUT2D eigenvalue weighted by Gasteiger charge is -2.39. The maximum atomic E-state index is 14.8. The van der Waals surface area contributed by atoms with Crippen molar-refractivity contribution in [1.29, 1.82) is 0 Å². The first-order valence-electron chi connectivity index (χ1n) is 14.9. The number of carbonyl (C=O) groups is 3. The highest BCUT2D eigenvalue weighted by Crippen LogP contribution is 2.67. The van der Waals surface area contributed by atoms with Crippen LogP contribution in [0.4, 0.5) is 11.4 Å². The second-order valence-corrected chi connectivity index (χ2v) is 13.3. The van der Waals surface area contributed by atoms with Crippen molar-refractivity contribution in [1.82, 2.24) is 4.90 Å². The third-order valence-electron chi connectivity index (χ3n) is 9.26. The van der Waals surface area contributed by atoms with Crippen LogP contribution in [0.2, 0.25) is 0 Å². The molecular formula is C35H37N3O4S. The van der Waals surface area contributed by atoms with Gasteiger partial charge < -0.3 is 19.8 Å². The molecular weight excluding hydrogens is 558 g/mol. The number of aliphatic hydroxyl groups is 1. The molecule has 7 nitrogen and oxygen atoms in total. The molecule has 0 aromatic heterocycles. The summed E-state index contributed by atoms with van der Waals surface area (Å²) in [5.74, 6) is -1.79. The van der Waals surface area contributed by atoms with Crippen LogP contribution in [0.15, 0.2) is 98.1 Å². The lowest BCUT2D eigenvalue weighted by molar-refractivity contribution is -0.141. The molecule has 3 aromatic carbocycles. The van der Waals surface area contributed by atoms with Crippen LogP contribution in [0.3, 0.4) is 0 Å². The number of benzene rings is 3. The highest BCUT2D eigenvalue weighted by molar-refractivity contribution is 8.02. The lowest BCUT2D eigenvalue weighted by Crippen LogP contribution is -2.57. The molecule has 3 aliphatic heterocycles.